The predicted molar refractivity (Wildman–Crippen MR) is 140 cm³/mol. The number of ether oxygens (including phenoxy) is 1. The second kappa shape index (κ2) is 9.74. The molecule has 1 fully saturated rings. The molecule has 11 nitrogen and oxygen atoms in total. The maximum Gasteiger partial charge on any atom is 0.309 e. The van der Waals surface area contributed by atoms with Crippen molar-refractivity contribution in [2.45, 2.75) is 62.7 Å². The Kier molecular flexibility index (Phi) is 6.78. The number of rotatable bonds is 4. The second-order valence-electron chi connectivity index (χ2n) is 11.5. The lowest BCUT2D eigenvalue weighted by Crippen LogP contribution is -2.69. The van der Waals surface area contributed by atoms with E-state index in [1.54, 1.807) is 19.1 Å². The van der Waals surface area contributed by atoms with E-state index in [1.165, 1.54) is 25.1 Å². The maximum absolute atomic E-state index is 13.9. The number of carbonyl (C=O) groups excluding carboxylic acids is 4. The average Bonchev–Trinajstić information content (AvgIpc) is 2.90. The highest BCUT2D eigenvalue weighted by Crippen LogP contribution is 2.56. The molecule has 1 amide bonds. The van der Waals surface area contributed by atoms with Gasteiger partial charge in [0.05, 0.1) is 23.4 Å². The summed E-state index contributed by atoms with van der Waals surface area (Å²) in [5.41, 5.74) is 1.52. The van der Waals surface area contributed by atoms with Gasteiger partial charge in [0.25, 0.3) is 5.91 Å². The van der Waals surface area contributed by atoms with E-state index in [-0.39, 0.29) is 11.3 Å². The summed E-state index contributed by atoms with van der Waals surface area (Å²) in [6.07, 6.45) is 2.45. The van der Waals surface area contributed by atoms with Crippen LogP contribution in [0.25, 0.3) is 0 Å². The molecule has 5 rings (SSSR count). The Hall–Kier alpha value is -3.70. The molecular formula is C29H34N2O9. The number of carbonyl (C=O) groups is 4. The van der Waals surface area contributed by atoms with Gasteiger partial charge in [-0.15, -0.1) is 0 Å². The fourth-order valence-electron chi connectivity index (χ4n) is 7.26. The smallest absolute Gasteiger partial charge is 0.309 e. The molecular weight excluding hydrogens is 520 g/mol. The summed E-state index contributed by atoms with van der Waals surface area (Å²) in [5.74, 6) is -9.84. The van der Waals surface area contributed by atoms with Crippen LogP contribution in [0.1, 0.15) is 60.9 Å². The normalized spacial score (nSPS) is 32.5. The number of ketones is 2. The summed E-state index contributed by atoms with van der Waals surface area (Å²) in [7, 11) is 3.05. The van der Waals surface area contributed by atoms with Crippen LogP contribution in [-0.2, 0) is 19.1 Å². The molecule has 6 atom stereocenters. The first-order valence-electron chi connectivity index (χ1n) is 13.5. The monoisotopic (exact) mass is 554 g/mol. The summed E-state index contributed by atoms with van der Waals surface area (Å²) >= 11 is 0. The minimum absolute atomic E-state index is 0.104. The number of nitrogens with two attached hydrogens (primary N) is 1. The molecule has 0 radical (unpaired) electrons. The van der Waals surface area contributed by atoms with Crippen molar-refractivity contribution in [3.05, 3.63) is 52.0 Å². The molecule has 0 spiro atoms. The molecule has 11 heteroatoms. The van der Waals surface area contributed by atoms with E-state index in [9.17, 15) is 39.6 Å². The third-order valence-electron chi connectivity index (χ3n) is 9.16. The molecule has 0 aromatic heterocycles. The van der Waals surface area contributed by atoms with Gasteiger partial charge in [-0.25, -0.2) is 0 Å². The highest BCUT2D eigenvalue weighted by atomic mass is 16.5. The Labute approximate surface area is 230 Å². The molecule has 214 valence electrons. The Morgan fingerprint density at radius 2 is 1.73 bits per heavy atom. The SMILES string of the molecule is C[C@@H]1c2cccc(O)c2C(=O)C2=C(O)[C@@]3(O)C(=O)C(C(N)=O)=C(O)[C@H](N(C)C)[C@H]3[C@H](OC(=O)C3CCCCC3)[C@H]21. The minimum Gasteiger partial charge on any atom is -0.510 e. The lowest BCUT2D eigenvalue weighted by atomic mass is 9.55. The molecule has 4 aliphatic rings. The van der Waals surface area contributed by atoms with Crippen LogP contribution < -0.4 is 5.73 Å². The van der Waals surface area contributed by atoms with E-state index in [1.807, 2.05) is 0 Å². The molecule has 1 saturated carbocycles. The summed E-state index contributed by atoms with van der Waals surface area (Å²) in [5, 5.41) is 45.4. The summed E-state index contributed by atoms with van der Waals surface area (Å²) in [6, 6.07) is 3.22. The zero-order chi connectivity index (χ0) is 29.3. The topological polar surface area (TPSA) is 188 Å². The van der Waals surface area contributed by atoms with Crippen LogP contribution in [-0.4, -0.2) is 80.6 Å². The highest BCUT2D eigenvalue weighted by molar-refractivity contribution is 6.25. The van der Waals surface area contributed by atoms with Crippen molar-refractivity contribution in [1.29, 1.82) is 0 Å². The van der Waals surface area contributed by atoms with Crippen molar-refractivity contribution >= 4 is 23.4 Å². The number of phenolic OH excluding ortho intramolecular Hbond substituents is 1. The van der Waals surface area contributed by atoms with Gasteiger partial charge >= 0.3 is 5.97 Å². The standard InChI is InChI=1S/C29H34N2O9/c1-12-14-10-7-11-15(32)17(14)22(33)18-16(12)24(40-28(38)13-8-5-4-6-9-13)20-21(31(2)3)23(34)19(27(30)37)26(36)29(20,39)25(18)35/h7,10-13,16,20-21,24,32,34-35,39H,4-6,8-9H2,1-3H3,(H2,30,37)/t12-,16+,20+,21-,24-,29-/m1/s1. The first kappa shape index (κ1) is 27.9. The number of aliphatic hydroxyl groups excluding tert-OH is 2. The predicted octanol–water partition coefficient (Wildman–Crippen LogP) is 1.78. The molecule has 1 aromatic carbocycles. The molecule has 40 heavy (non-hydrogen) atoms. The van der Waals surface area contributed by atoms with Crippen LogP contribution in [0.5, 0.6) is 5.75 Å². The number of aromatic hydroxyl groups is 1. The quantitative estimate of drug-likeness (QED) is 0.271. The van der Waals surface area contributed by atoms with Crippen LogP contribution in [0.15, 0.2) is 40.9 Å². The fourth-order valence-corrected chi connectivity index (χ4v) is 7.26. The van der Waals surface area contributed by atoms with Crippen molar-refractivity contribution in [3.63, 3.8) is 0 Å². The van der Waals surface area contributed by atoms with Crippen LogP contribution >= 0.6 is 0 Å². The van der Waals surface area contributed by atoms with Gasteiger partial charge in [0.1, 0.15) is 28.9 Å². The molecule has 0 bridgehead atoms. The largest absolute Gasteiger partial charge is 0.510 e. The molecule has 0 heterocycles. The number of primary amides is 1. The number of amides is 1. The Morgan fingerprint density at radius 3 is 2.33 bits per heavy atom. The van der Waals surface area contributed by atoms with E-state index in [4.69, 9.17) is 10.5 Å². The van der Waals surface area contributed by atoms with E-state index in [0.29, 0.717) is 18.4 Å². The zero-order valence-corrected chi connectivity index (χ0v) is 22.6. The lowest BCUT2D eigenvalue weighted by Gasteiger charge is -2.54. The van der Waals surface area contributed by atoms with Gasteiger partial charge in [-0.05, 0) is 44.5 Å². The van der Waals surface area contributed by atoms with Crippen molar-refractivity contribution in [3.8, 4) is 5.75 Å². The number of hydrogen-bond donors (Lipinski definition) is 5. The van der Waals surface area contributed by atoms with Crippen LogP contribution in [0.4, 0.5) is 0 Å². The Bertz CT molecular complexity index is 1370. The minimum atomic E-state index is -2.94. The van der Waals surface area contributed by atoms with E-state index >= 15 is 0 Å². The number of fused-ring (bicyclic) bond motifs is 3. The van der Waals surface area contributed by atoms with E-state index < -0.39 is 87.5 Å². The second-order valence-corrected chi connectivity index (χ2v) is 11.5. The number of likely N-dealkylation sites (N-methyl/N-ethyl adjacent to an activating group) is 1. The maximum atomic E-state index is 13.9. The first-order valence-corrected chi connectivity index (χ1v) is 13.5. The summed E-state index contributed by atoms with van der Waals surface area (Å²) < 4.78 is 6.13. The highest BCUT2D eigenvalue weighted by Gasteiger charge is 2.68. The number of nitrogens with zero attached hydrogens (tertiary/aromatic N) is 1. The van der Waals surface area contributed by atoms with Gasteiger partial charge in [-0.2, -0.15) is 0 Å². The van der Waals surface area contributed by atoms with Crippen LogP contribution in [0.3, 0.4) is 0 Å². The number of aliphatic hydroxyl groups is 3. The van der Waals surface area contributed by atoms with E-state index in [0.717, 1.165) is 19.3 Å². The van der Waals surface area contributed by atoms with Gasteiger partial charge in [-0.1, -0.05) is 38.3 Å². The van der Waals surface area contributed by atoms with E-state index in [2.05, 4.69) is 0 Å². The number of phenols is 1. The van der Waals surface area contributed by atoms with Gasteiger partial charge in [-0.3, -0.25) is 24.1 Å². The number of Topliss-reactive ketones (excluding diaryl/α,β-unsaturated/α-hetero) is 2. The number of benzene rings is 1. The van der Waals surface area contributed by atoms with Gasteiger partial charge in [0.15, 0.2) is 11.4 Å². The molecule has 0 saturated heterocycles. The zero-order valence-electron chi connectivity index (χ0n) is 22.6. The molecule has 1 aromatic rings. The van der Waals surface area contributed by atoms with Crippen LogP contribution in [0, 0.1) is 17.8 Å². The van der Waals surface area contributed by atoms with Gasteiger partial charge in [0.2, 0.25) is 5.78 Å². The Balaban J connectivity index is 1.79. The van der Waals surface area contributed by atoms with Crippen molar-refractivity contribution in [2.75, 3.05) is 14.1 Å². The summed E-state index contributed by atoms with van der Waals surface area (Å²) in [6.45, 7) is 1.73. The molecule has 6 N–H and O–H groups in total. The van der Waals surface area contributed by atoms with Gasteiger partial charge in [0, 0.05) is 11.5 Å². The van der Waals surface area contributed by atoms with Crippen molar-refractivity contribution < 1.29 is 44.3 Å². The van der Waals surface area contributed by atoms with Crippen molar-refractivity contribution in [1.82, 2.24) is 4.90 Å². The fraction of sp³-hybridized carbons (Fsp3) is 0.517. The summed E-state index contributed by atoms with van der Waals surface area (Å²) in [4.78, 5) is 54.9. The average molecular weight is 555 g/mol. The third kappa shape index (κ3) is 3.78. The Morgan fingerprint density at radius 1 is 1.07 bits per heavy atom. The molecule has 0 aliphatic heterocycles. The van der Waals surface area contributed by atoms with Crippen LogP contribution in [0.2, 0.25) is 0 Å². The van der Waals surface area contributed by atoms with Gasteiger partial charge < -0.3 is 30.9 Å². The third-order valence-corrected chi connectivity index (χ3v) is 9.16. The lowest BCUT2D eigenvalue weighted by molar-refractivity contribution is -0.184. The molecule has 0 unspecified atom stereocenters. The molecule has 4 aliphatic carbocycles. The number of esters is 1. The number of hydrogen-bond acceptors (Lipinski definition) is 10. The van der Waals surface area contributed by atoms with Crippen molar-refractivity contribution in [2.24, 2.45) is 23.5 Å². The first-order chi connectivity index (χ1) is 18.8.